The predicted octanol–water partition coefficient (Wildman–Crippen LogP) is 3.73. The molecule has 1 aromatic carbocycles. The molecule has 43 heavy (non-hydrogen) atoms. The molecule has 1 atom stereocenters. The van der Waals surface area contributed by atoms with Gasteiger partial charge in [0.2, 0.25) is 0 Å². The van der Waals surface area contributed by atoms with Crippen LogP contribution in [0.5, 0.6) is 5.75 Å². The molecule has 1 fully saturated rings. The summed E-state index contributed by atoms with van der Waals surface area (Å²) in [6.45, 7) is 10.4. The zero-order valence-corrected chi connectivity index (χ0v) is 25.5. The maximum Gasteiger partial charge on any atom is 0.255 e. The topological polar surface area (TPSA) is 151 Å². The molecule has 10 heteroatoms. The molecular formula is C33H41N7O3. The summed E-state index contributed by atoms with van der Waals surface area (Å²) in [6, 6.07) is 12.7. The van der Waals surface area contributed by atoms with Crippen LogP contribution < -0.4 is 21.1 Å². The highest BCUT2D eigenvalue weighted by atomic mass is 16.5. The summed E-state index contributed by atoms with van der Waals surface area (Å²) in [7, 11) is 0. The van der Waals surface area contributed by atoms with Gasteiger partial charge >= 0.3 is 0 Å². The van der Waals surface area contributed by atoms with E-state index in [2.05, 4.69) is 39.7 Å². The number of benzene rings is 1. The van der Waals surface area contributed by atoms with Crippen molar-refractivity contribution in [3.05, 3.63) is 81.9 Å². The number of nitrogens with zero attached hydrogens (tertiary/aromatic N) is 5. The second kappa shape index (κ2) is 14.1. The molecule has 1 aliphatic heterocycles. The van der Waals surface area contributed by atoms with Crippen molar-refractivity contribution in [2.24, 2.45) is 11.5 Å². The standard InChI is InChI=1S/C33H41N7O3/c1-21-11-14-37-18-25(21)19-40(26-6-8-28(9-7-26)43-20-31(35)41)27-12-15-39(16-13-27)22(2)5-10-29-23(3)32(33(36)42)24(4)38-30(29)17-34/h6-9,11,14,18,22,27H,5,10,12-13,15-16,19-20H2,1-4H3,(H2,35,41)(H2,36,42)/t22-/m1/s1. The minimum atomic E-state index is -0.512. The summed E-state index contributed by atoms with van der Waals surface area (Å²) in [5.41, 5.74) is 17.2. The Hall–Kier alpha value is -4.49. The van der Waals surface area contributed by atoms with Crippen LogP contribution in [0.2, 0.25) is 0 Å². The summed E-state index contributed by atoms with van der Waals surface area (Å²) in [5, 5.41) is 9.70. The maximum atomic E-state index is 12.0. The third-order valence-electron chi connectivity index (χ3n) is 8.52. The van der Waals surface area contributed by atoms with Crippen molar-refractivity contribution in [1.29, 1.82) is 5.26 Å². The van der Waals surface area contributed by atoms with E-state index in [0.29, 0.717) is 41.2 Å². The van der Waals surface area contributed by atoms with Gasteiger partial charge in [-0.05, 0) is 106 Å². The van der Waals surface area contributed by atoms with Crippen molar-refractivity contribution >= 4 is 17.5 Å². The van der Waals surface area contributed by atoms with Gasteiger partial charge in [-0.2, -0.15) is 5.26 Å². The first-order chi connectivity index (χ1) is 20.6. The molecule has 4 rings (SSSR count). The van der Waals surface area contributed by atoms with E-state index in [1.54, 1.807) is 6.92 Å². The highest BCUT2D eigenvalue weighted by Gasteiger charge is 2.28. The lowest BCUT2D eigenvalue weighted by Gasteiger charge is -2.42. The van der Waals surface area contributed by atoms with Crippen LogP contribution in [0.4, 0.5) is 5.69 Å². The fraction of sp³-hybridized carbons (Fsp3) is 0.424. The van der Waals surface area contributed by atoms with Gasteiger partial charge in [0, 0.05) is 49.8 Å². The van der Waals surface area contributed by atoms with Gasteiger partial charge in [-0.15, -0.1) is 0 Å². The number of likely N-dealkylation sites (tertiary alicyclic amines) is 1. The number of nitriles is 1. The highest BCUT2D eigenvalue weighted by Crippen LogP contribution is 2.30. The van der Waals surface area contributed by atoms with Crippen molar-refractivity contribution in [2.75, 3.05) is 24.6 Å². The predicted molar refractivity (Wildman–Crippen MR) is 166 cm³/mol. The van der Waals surface area contributed by atoms with Crippen LogP contribution in [0.3, 0.4) is 0 Å². The van der Waals surface area contributed by atoms with Crippen LogP contribution in [0.15, 0.2) is 42.7 Å². The first-order valence-corrected chi connectivity index (χ1v) is 14.7. The number of carbonyl (C=O) groups excluding carboxylic acids is 2. The number of aryl methyl sites for hydroxylation is 2. The van der Waals surface area contributed by atoms with Gasteiger partial charge in [0.25, 0.3) is 11.8 Å². The lowest BCUT2D eigenvalue weighted by molar-refractivity contribution is -0.119. The Morgan fingerprint density at radius 1 is 1.14 bits per heavy atom. The molecule has 0 unspecified atom stereocenters. The highest BCUT2D eigenvalue weighted by molar-refractivity contribution is 5.95. The molecule has 1 aliphatic rings. The molecule has 3 aromatic rings. The Balaban J connectivity index is 1.45. The Kier molecular flexibility index (Phi) is 10.3. The van der Waals surface area contributed by atoms with Crippen LogP contribution >= 0.6 is 0 Å². The Morgan fingerprint density at radius 2 is 1.84 bits per heavy atom. The van der Waals surface area contributed by atoms with Gasteiger partial charge in [0.1, 0.15) is 17.5 Å². The Labute approximate surface area is 253 Å². The molecule has 0 saturated carbocycles. The largest absolute Gasteiger partial charge is 0.484 e. The summed E-state index contributed by atoms with van der Waals surface area (Å²) in [5.74, 6) is -0.419. The van der Waals surface area contributed by atoms with E-state index in [1.807, 2.05) is 49.6 Å². The number of aromatic nitrogens is 2. The van der Waals surface area contributed by atoms with E-state index in [-0.39, 0.29) is 6.61 Å². The number of anilines is 1. The number of hydrogen-bond donors (Lipinski definition) is 2. The van der Waals surface area contributed by atoms with Crippen LogP contribution in [0.1, 0.15) is 70.2 Å². The van der Waals surface area contributed by atoms with E-state index in [0.717, 1.165) is 55.7 Å². The molecular weight excluding hydrogens is 542 g/mol. The molecule has 2 aromatic heterocycles. The van der Waals surface area contributed by atoms with Gasteiger partial charge in [-0.25, -0.2) is 4.98 Å². The van der Waals surface area contributed by atoms with Crippen LogP contribution in [0.25, 0.3) is 0 Å². The van der Waals surface area contributed by atoms with Crippen LogP contribution in [-0.2, 0) is 17.8 Å². The minimum absolute atomic E-state index is 0.154. The number of amides is 2. The molecule has 1 saturated heterocycles. The molecule has 0 radical (unpaired) electrons. The number of ether oxygens (including phenoxy) is 1. The summed E-state index contributed by atoms with van der Waals surface area (Å²) in [6.07, 6.45) is 7.23. The Bertz CT molecular complexity index is 1490. The molecule has 0 bridgehead atoms. The van der Waals surface area contributed by atoms with Crippen molar-refractivity contribution in [3.8, 4) is 11.8 Å². The number of hydrogen-bond acceptors (Lipinski definition) is 8. The van der Waals surface area contributed by atoms with Crippen molar-refractivity contribution in [3.63, 3.8) is 0 Å². The molecule has 10 nitrogen and oxygen atoms in total. The third kappa shape index (κ3) is 7.67. The quantitative estimate of drug-likeness (QED) is 0.327. The van der Waals surface area contributed by atoms with E-state index in [9.17, 15) is 14.9 Å². The molecule has 2 amide bonds. The van der Waals surface area contributed by atoms with Crippen LogP contribution in [-0.4, -0.2) is 58.5 Å². The average molecular weight is 584 g/mol. The normalized spacial score (nSPS) is 14.6. The number of piperidine rings is 1. The van der Waals surface area contributed by atoms with Crippen molar-refractivity contribution < 1.29 is 14.3 Å². The fourth-order valence-electron chi connectivity index (χ4n) is 5.99. The molecule has 0 aliphatic carbocycles. The zero-order chi connectivity index (χ0) is 31.1. The summed E-state index contributed by atoms with van der Waals surface area (Å²) >= 11 is 0. The monoisotopic (exact) mass is 583 g/mol. The average Bonchev–Trinajstić information content (AvgIpc) is 2.99. The third-order valence-corrected chi connectivity index (χ3v) is 8.52. The zero-order valence-electron chi connectivity index (χ0n) is 25.5. The molecule has 0 spiro atoms. The van der Waals surface area contributed by atoms with E-state index < -0.39 is 11.8 Å². The second-order valence-corrected chi connectivity index (χ2v) is 11.3. The number of pyridine rings is 2. The van der Waals surface area contributed by atoms with Gasteiger partial charge in [0.05, 0.1) is 11.3 Å². The smallest absolute Gasteiger partial charge is 0.255 e. The van der Waals surface area contributed by atoms with E-state index in [1.165, 1.54) is 11.1 Å². The number of primary amides is 2. The SMILES string of the molecule is Cc1ccncc1CN(c1ccc(OCC(N)=O)cc1)C1CCN([C@H](C)CCc2c(C#N)nc(C)c(C(N)=O)c2C)CC1. The molecule has 226 valence electrons. The lowest BCUT2D eigenvalue weighted by atomic mass is 9.93. The number of carbonyl (C=O) groups is 2. The van der Waals surface area contributed by atoms with E-state index in [4.69, 9.17) is 16.2 Å². The number of nitrogens with two attached hydrogens (primary N) is 2. The number of rotatable bonds is 12. The lowest BCUT2D eigenvalue weighted by Crippen LogP contribution is -2.47. The maximum absolute atomic E-state index is 12.0. The first kappa shape index (κ1) is 31.4. The van der Waals surface area contributed by atoms with Crippen molar-refractivity contribution in [2.45, 2.75) is 72.0 Å². The summed E-state index contributed by atoms with van der Waals surface area (Å²) in [4.78, 5) is 36.8. The molecule has 3 heterocycles. The second-order valence-electron chi connectivity index (χ2n) is 11.3. The van der Waals surface area contributed by atoms with Crippen LogP contribution in [0, 0.1) is 32.1 Å². The molecule has 4 N–H and O–H groups in total. The summed E-state index contributed by atoms with van der Waals surface area (Å²) < 4.78 is 5.47. The Morgan fingerprint density at radius 3 is 2.44 bits per heavy atom. The first-order valence-electron chi connectivity index (χ1n) is 14.7. The minimum Gasteiger partial charge on any atom is -0.484 e. The van der Waals surface area contributed by atoms with Gasteiger partial charge in [0.15, 0.2) is 6.61 Å². The van der Waals surface area contributed by atoms with Crippen molar-refractivity contribution in [1.82, 2.24) is 14.9 Å². The van der Waals surface area contributed by atoms with Gasteiger partial charge in [-0.3, -0.25) is 14.6 Å². The van der Waals surface area contributed by atoms with Gasteiger partial charge in [-0.1, -0.05) is 0 Å². The van der Waals surface area contributed by atoms with Gasteiger partial charge < -0.3 is 26.0 Å². The fourth-order valence-corrected chi connectivity index (χ4v) is 5.99. The van der Waals surface area contributed by atoms with E-state index >= 15 is 0 Å².